The number of amides is 1. The average molecular weight is 306 g/mol. The number of aromatic nitrogens is 3. The first kappa shape index (κ1) is 13.9. The van der Waals surface area contributed by atoms with E-state index in [9.17, 15) is 4.79 Å². The maximum atomic E-state index is 12.7. The number of hydrogen-bond acceptors (Lipinski definition) is 3. The Kier molecular flexibility index (Phi) is 3.15. The fraction of sp³-hybridized carbons (Fsp3) is 0.278. The van der Waals surface area contributed by atoms with Crippen molar-refractivity contribution in [2.75, 3.05) is 6.54 Å². The molecule has 0 bridgehead atoms. The predicted molar refractivity (Wildman–Crippen MR) is 87.3 cm³/mol. The third-order valence-corrected chi connectivity index (χ3v) is 4.32. The average Bonchev–Trinajstić information content (AvgIpc) is 2.94. The second-order valence-corrected chi connectivity index (χ2v) is 6.13. The van der Waals surface area contributed by atoms with Crippen molar-refractivity contribution in [2.24, 2.45) is 0 Å². The largest absolute Gasteiger partial charge is 0.334 e. The van der Waals surface area contributed by atoms with E-state index in [1.807, 2.05) is 59.8 Å². The van der Waals surface area contributed by atoms with Gasteiger partial charge in [0.05, 0.1) is 11.4 Å². The maximum Gasteiger partial charge on any atom is 0.254 e. The number of hydrogen-bond donors (Lipinski definition) is 0. The van der Waals surface area contributed by atoms with Crippen molar-refractivity contribution in [3.63, 3.8) is 0 Å². The molecule has 1 aromatic carbocycles. The minimum Gasteiger partial charge on any atom is -0.334 e. The van der Waals surface area contributed by atoms with Gasteiger partial charge in [0.25, 0.3) is 5.91 Å². The van der Waals surface area contributed by atoms with Crippen LogP contribution in [0.5, 0.6) is 0 Å². The molecule has 3 heterocycles. The normalized spacial score (nSPS) is 14.1. The summed E-state index contributed by atoms with van der Waals surface area (Å²) in [5.41, 5.74) is 5.93. The van der Waals surface area contributed by atoms with E-state index in [0.29, 0.717) is 13.1 Å². The molecule has 0 unspecified atom stereocenters. The first-order valence-electron chi connectivity index (χ1n) is 7.81. The summed E-state index contributed by atoms with van der Waals surface area (Å²) in [4.78, 5) is 19.1. The fourth-order valence-electron chi connectivity index (χ4n) is 3.19. The van der Waals surface area contributed by atoms with Gasteiger partial charge in [0.2, 0.25) is 0 Å². The zero-order valence-corrected chi connectivity index (χ0v) is 13.3. The Morgan fingerprint density at radius 3 is 2.91 bits per heavy atom. The predicted octanol–water partition coefficient (Wildman–Crippen LogP) is 2.54. The van der Waals surface area contributed by atoms with Crippen LogP contribution in [0.15, 0.2) is 36.5 Å². The molecule has 0 spiro atoms. The standard InChI is InChI=1S/C18H18N4O/c1-12-4-3-5-14(8-12)18(23)21-7-6-16-15(11-21)10-19-17-9-13(2)20-22(16)17/h3-5,8-10H,6-7,11H2,1-2H3. The van der Waals surface area contributed by atoms with Gasteiger partial charge in [0, 0.05) is 42.9 Å². The van der Waals surface area contributed by atoms with E-state index in [4.69, 9.17) is 0 Å². The van der Waals surface area contributed by atoms with Crippen LogP contribution < -0.4 is 0 Å². The van der Waals surface area contributed by atoms with Crippen molar-refractivity contribution in [3.8, 4) is 0 Å². The number of nitrogens with zero attached hydrogens (tertiary/aromatic N) is 4. The quantitative estimate of drug-likeness (QED) is 0.694. The maximum absolute atomic E-state index is 12.7. The van der Waals surface area contributed by atoms with Crippen molar-refractivity contribution >= 4 is 11.6 Å². The monoisotopic (exact) mass is 306 g/mol. The Balaban J connectivity index is 1.66. The molecule has 0 N–H and O–H groups in total. The molecule has 2 aromatic heterocycles. The summed E-state index contributed by atoms with van der Waals surface area (Å²) in [5, 5.41) is 4.52. The van der Waals surface area contributed by atoms with Crippen molar-refractivity contribution in [1.29, 1.82) is 0 Å². The molecule has 0 fully saturated rings. The molecular weight excluding hydrogens is 288 g/mol. The Morgan fingerprint density at radius 1 is 1.22 bits per heavy atom. The van der Waals surface area contributed by atoms with Gasteiger partial charge in [-0.15, -0.1) is 0 Å². The zero-order valence-electron chi connectivity index (χ0n) is 13.3. The number of carbonyl (C=O) groups is 1. The summed E-state index contributed by atoms with van der Waals surface area (Å²) < 4.78 is 1.92. The summed E-state index contributed by atoms with van der Waals surface area (Å²) in [6, 6.07) is 9.73. The number of carbonyl (C=O) groups excluding carboxylic acids is 1. The molecule has 0 aliphatic carbocycles. The molecule has 116 valence electrons. The fourth-order valence-corrected chi connectivity index (χ4v) is 3.19. The van der Waals surface area contributed by atoms with Gasteiger partial charge in [-0.3, -0.25) is 4.79 Å². The van der Waals surface area contributed by atoms with E-state index in [2.05, 4.69) is 10.1 Å². The molecule has 1 aliphatic rings. The minimum absolute atomic E-state index is 0.0797. The highest BCUT2D eigenvalue weighted by Crippen LogP contribution is 2.21. The molecule has 5 nitrogen and oxygen atoms in total. The lowest BCUT2D eigenvalue weighted by molar-refractivity contribution is 0.0732. The number of benzene rings is 1. The van der Waals surface area contributed by atoms with Crippen LogP contribution in [0.1, 0.15) is 32.9 Å². The van der Waals surface area contributed by atoms with Gasteiger partial charge in [-0.2, -0.15) is 5.10 Å². The highest BCUT2D eigenvalue weighted by molar-refractivity contribution is 5.94. The van der Waals surface area contributed by atoms with Crippen LogP contribution >= 0.6 is 0 Å². The molecular formula is C18H18N4O. The molecule has 5 heteroatoms. The van der Waals surface area contributed by atoms with Gasteiger partial charge >= 0.3 is 0 Å². The molecule has 23 heavy (non-hydrogen) atoms. The summed E-state index contributed by atoms with van der Waals surface area (Å²) >= 11 is 0. The highest BCUT2D eigenvalue weighted by Gasteiger charge is 2.24. The minimum atomic E-state index is 0.0797. The van der Waals surface area contributed by atoms with Crippen LogP contribution in [0.25, 0.3) is 5.65 Å². The number of aryl methyl sites for hydroxylation is 2. The third kappa shape index (κ3) is 2.38. The van der Waals surface area contributed by atoms with Crippen LogP contribution in [-0.2, 0) is 13.0 Å². The van der Waals surface area contributed by atoms with Crippen molar-refractivity contribution in [2.45, 2.75) is 26.8 Å². The molecule has 0 saturated carbocycles. The van der Waals surface area contributed by atoms with Gasteiger partial charge in [0.15, 0.2) is 5.65 Å². The van der Waals surface area contributed by atoms with E-state index in [0.717, 1.165) is 40.1 Å². The highest BCUT2D eigenvalue weighted by atomic mass is 16.2. The Morgan fingerprint density at radius 2 is 2.09 bits per heavy atom. The van der Waals surface area contributed by atoms with Crippen LogP contribution in [0.3, 0.4) is 0 Å². The Labute approximate surface area is 134 Å². The molecule has 1 aliphatic heterocycles. The lowest BCUT2D eigenvalue weighted by atomic mass is 10.1. The second kappa shape index (κ2) is 5.19. The van der Waals surface area contributed by atoms with E-state index >= 15 is 0 Å². The topological polar surface area (TPSA) is 50.5 Å². The second-order valence-electron chi connectivity index (χ2n) is 6.13. The van der Waals surface area contributed by atoms with Gasteiger partial charge < -0.3 is 4.90 Å². The van der Waals surface area contributed by atoms with Crippen molar-refractivity contribution in [3.05, 3.63) is 64.6 Å². The Hall–Kier alpha value is -2.69. The molecule has 3 aromatic rings. The van der Waals surface area contributed by atoms with Crippen molar-refractivity contribution < 1.29 is 4.79 Å². The first-order valence-corrected chi connectivity index (χ1v) is 7.81. The molecule has 0 atom stereocenters. The molecule has 4 rings (SSSR count). The lowest BCUT2D eigenvalue weighted by Gasteiger charge is -2.29. The lowest BCUT2D eigenvalue weighted by Crippen LogP contribution is -2.37. The van der Waals surface area contributed by atoms with Gasteiger partial charge in [-0.1, -0.05) is 17.7 Å². The van der Waals surface area contributed by atoms with Crippen LogP contribution in [0.4, 0.5) is 0 Å². The summed E-state index contributed by atoms with van der Waals surface area (Å²) in [6.07, 6.45) is 2.68. The third-order valence-electron chi connectivity index (χ3n) is 4.32. The first-order chi connectivity index (χ1) is 11.1. The van der Waals surface area contributed by atoms with Crippen LogP contribution in [-0.4, -0.2) is 31.9 Å². The van der Waals surface area contributed by atoms with Crippen LogP contribution in [0, 0.1) is 13.8 Å². The Bertz CT molecular complexity index is 913. The SMILES string of the molecule is Cc1cccc(C(=O)N2CCc3c(cnc4cc(C)nn34)C2)c1. The van der Waals surface area contributed by atoms with Gasteiger partial charge in [-0.25, -0.2) is 9.50 Å². The summed E-state index contributed by atoms with van der Waals surface area (Å²) in [5.74, 6) is 0.0797. The van der Waals surface area contributed by atoms with Gasteiger partial charge in [-0.05, 0) is 26.0 Å². The van der Waals surface area contributed by atoms with E-state index in [1.54, 1.807) is 0 Å². The number of fused-ring (bicyclic) bond motifs is 3. The van der Waals surface area contributed by atoms with E-state index in [-0.39, 0.29) is 5.91 Å². The summed E-state index contributed by atoms with van der Waals surface area (Å²) in [6.45, 7) is 5.27. The van der Waals surface area contributed by atoms with Gasteiger partial charge in [0.1, 0.15) is 0 Å². The van der Waals surface area contributed by atoms with E-state index < -0.39 is 0 Å². The zero-order chi connectivity index (χ0) is 16.0. The molecule has 1 amide bonds. The van der Waals surface area contributed by atoms with E-state index in [1.165, 1.54) is 0 Å². The summed E-state index contributed by atoms with van der Waals surface area (Å²) in [7, 11) is 0. The van der Waals surface area contributed by atoms with Crippen molar-refractivity contribution in [1.82, 2.24) is 19.5 Å². The molecule has 0 saturated heterocycles. The smallest absolute Gasteiger partial charge is 0.254 e. The number of rotatable bonds is 1. The molecule has 0 radical (unpaired) electrons. The van der Waals surface area contributed by atoms with Crippen LogP contribution in [0.2, 0.25) is 0 Å².